The summed E-state index contributed by atoms with van der Waals surface area (Å²) in [5.74, 6) is 0.325. The summed E-state index contributed by atoms with van der Waals surface area (Å²) in [6.07, 6.45) is 3.90. The molecule has 3 aromatic rings. The number of rotatable bonds is 6. The molecule has 1 saturated carbocycles. The van der Waals surface area contributed by atoms with Crippen molar-refractivity contribution < 1.29 is 9.13 Å². The second-order valence-corrected chi connectivity index (χ2v) is 9.37. The molecule has 1 aliphatic heterocycles. The fourth-order valence-electron chi connectivity index (χ4n) is 5.18. The maximum absolute atomic E-state index is 15.5. The molecule has 0 bridgehead atoms. The summed E-state index contributed by atoms with van der Waals surface area (Å²) in [7, 11) is 3.50. The Morgan fingerprint density at radius 1 is 1.34 bits per heavy atom. The van der Waals surface area contributed by atoms with E-state index in [1.165, 1.54) is 13.2 Å². The molecule has 2 aliphatic rings. The van der Waals surface area contributed by atoms with Crippen molar-refractivity contribution in [1.29, 1.82) is 0 Å². The molecule has 2 atom stereocenters. The summed E-state index contributed by atoms with van der Waals surface area (Å²) in [6.45, 7) is 3.61. The van der Waals surface area contributed by atoms with Gasteiger partial charge in [0.05, 0.1) is 18.0 Å². The van der Waals surface area contributed by atoms with Crippen molar-refractivity contribution in [2.75, 3.05) is 32.1 Å². The highest BCUT2D eigenvalue weighted by atomic mass is 35.5. The number of nitrogens with zero attached hydrogens (tertiary/aromatic N) is 2. The quantitative estimate of drug-likeness (QED) is 0.561. The molecule has 2 N–H and O–H groups in total. The molecule has 1 saturated heterocycles. The molecule has 2 fully saturated rings. The Balaban J connectivity index is 0.00000245. The van der Waals surface area contributed by atoms with Crippen molar-refractivity contribution in [3.63, 3.8) is 0 Å². The Kier molecular flexibility index (Phi) is 6.26. The first-order chi connectivity index (χ1) is 15.0. The molecule has 0 amide bonds. The fourth-order valence-corrected chi connectivity index (χ4v) is 6.10. The van der Waals surface area contributed by atoms with E-state index >= 15 is 4.39 Å². The standard InChI is InChI=1S/C22H27FN4O3S.ClH/c1-4-15(24-2)11-7-8-26(10-11)18-14(23)9-13-17(20(18)30-3)27(12-5-6-12)22-16(19(13)28)21(29)25-31-22;/h9,11-12,15,24H,4-8,10H2,1-3H3,(H,25,29);1H/t11-,15+;/m1./s1. The van der Waals surface area contributed by atoms with Crippen molar-refractivity contribution in [2.24, 2.45) is 5.92 Å². The lowest BCUT2D eigenvalue weighted by molar-refractivity contribution is 0.389. The Hall–Kier alpha value is -2.10. The van der Waals surface area contributed by atoms with Crippen LogP contribution in [-0.4, -0.2) is 42.2 Å². The zero-order valence-electron chi connectivity index (χ0n) is 18.4. The van der Waals surface area contributed by atoms with Crippen LogP contribution in [0, 0.1) is 11.7 Å². The number of methoxy groups -OCH3 is 1. The number of aromatic amines is 1. The molecule has 0 radical (unpaired) electrons. The number of ether oxygens (including phenoxy) is 1. The van der Waals surface area contributed by atoms with E-state index in [9.17, 15) is 9.59 Å². The molecule has 0 spiro atoms. The van der Waals surface area contributed by atoms with E-state index in [0.29, 0.717) is 33.7 Å². The van der Waals surface area contributed by atoms with Crippen molar-refractivity contribution in [3.8, 4) is 5.75 Å². The lowest BCUT2D eigenvalue weighted by Gasteiger charge is -2.26. The molecular formula is C22H28ClFN4O3S. The third-order valence-electron chi connectivity index (χ3n) is 6.83. The van der Waals surface area contributed by atoms with Gasteiger partial charge < -0.3 is 19.5 Å². The highest BCUT2D eigenvalue weighted by Crippen LogP contribution is 2.46. The van der Waals surface area contributed by atoms with Gasteiger partial charge in [-0.15, -0.1) is 12.4 Å². The first-order valence-corrected chi connectivity index (χ1v) is 11.7. The first kappa shape index (κ1) is 23.1. The number of halogens is 2. The summed E-state index contributed by atoms with van der Waals surface area (Å²) >= 11 is 1.16. The van der Waals surface area contributed by atoms with E-state index in [1.807, 2.05) is 16.5 Å². The topological polar surface area (TPSA) is 79.4 Å². The number of H-pyrrole nitrogens is 1. The van der Waals surface area contributed by atoms with Crippen LogP contribution in [0.5, 0.6) is 5.75 Å². The van der Waals surface area contributed by atoms with Crippen LogP contribution < -0.4 is 25.9 Å². The van der Waals surface area contributed by atoms with Gasteiger partial charge in [-0.1, -0.05) is 6.92 Å². The first-order valence-electron chi connectivity index (χ1n) is 10.9. The molecule has 32 heavy (non-hydrogen) atoms. The Morgan fingerprint density at radius 3 is 2.72 bits per heavy atom. The van der Waals surface area contributed by atoms with Crippen LogP contribution in [0.2, 0.25) is 0 Å². The summed E-state index contributed by atoms with van der Waals surface area (Å²) in [5.41, 5.74) is 0.163. The second kappa shape index (κ2) is 8.68. The maximum Gasteiger partial charge on any atom is 0.271 e. The minimum Gasteiger partial charge on any atom is -0.492 e. The molecule has 2 aromatic heterocycles. The maximum atomic E-state index is 15.5. The van der Waals surface area contributed by atoms with Gasteiger partial charge in [0.25, 0.3) is 5.56 Å². The third kappa shape index (κ3) is 3.41. The molecule has 7 nitrogen and oxygen atoms in total. The number of pyridine rings is 1. The van der Waals surface area contributed by atoms with Crippen molar-refractivity contribution in [2.45, 2.75) is 44.7 Å². The fraction of sp³-hybridized carbons (Fsp3) is 0.545. The van der Waals surface area contributed by atoms with Crippen molar-refractivity contribution in [3.05, 3.63) is 32.5 Å². The van der Waals surface area contributed by atoms with Gasteiger partial charge in [-0.25, -0.2) is 4.39 Å². The van der Waals surface area contributed by atoms with Gasteiger partial charge in [0.1, 0.15) is 15.9 Å². The van der Waals surface area contributed by atoms with Crippen LogP contribution in [0.15, 0.2) is 15.7 Å². The summed E-state index contributed by atoms with van der Waals surface area (Å²) in [4.78, 5) is 28.1. The number of benzene rings is 1. The molecule has 174 valence electrons. The largest absolute Gasteiger partial charge is 0.492 e. The molecule has 5 rings (SSSR count). The van der Waals surface area contributed by atoms with E-state index in [1.54, 1.807) is 0 Å². The predicted octanol–water partition coefficient (Wildman–Crippen LogP) is 3.63. The summed E-state index contributed by atoms with van der Waals surface area (Å²) in [6, 6.07) is 1.86. The van der Waals surface area contributed by atoms with Gasteiger partial charge in [-0.2, -0.15) is 0 Å². The van der Waals surface area contributed by atoms with E-state index in [-0.39, 0.29) is 29.2 Å². The zero-order chi connectivity index (χ0) is 21.9. The minimum absolute atomic E-state index is 0. The molecule has 1 aromatic carbocycles. The Bertz CT molecular complexity index is 1280. The molecule has 3 heterocycles. The molecule has 1 aliphatic carbocycles. The van der Waals surface area contributed by atoms with Gasteiger partial charge in [0, 0.05) is 25.2 Å². The summed E-state index contributed by atoms with van der Waals surface area (Å²) < 4.78 is 26.0. The van der Waals surface area contributed by atoms with E-state index in [4.69, 9.17) is 4.74 Å². The van der Waals surface area contributed by atoms with Gasteiger partial charge in [-0.3, -0.25) is 14.0 Å². The highest BCUT2D eigenvalue weighted by molar-refractivity contribution is 7.12. The molecule has 0 unspecified atom stereocenters. The lowest BCUT2D eigenvalue weighted by Crippen LogP contribution is -2.35. The lowest BCUT2D eigenvalue weighted by atomic mass is 9.97. The van der Waals surface area contributed by atoms with Crippen LogP contribution in [0.1, 0.15) is 38.6 Å². The average molecular weight is 483 g/mol. The van der Waals surface area contributed by atoms with Crippen LogP contribution in [-0.2, 0) is 0 Å². The molecule has 10 heteroatoms. The summed E-state index contributed by atoms with van der Waals surface area (Å²) in [5, 5.41) is 3.69. The average Bonchev–Trinajstić information content (AvgIpc) is 3.36. The number of hydrogen-bond donors (Lipinski definition) is 2. The third-order valence-corrected chi connectivity index (χ3v) is 7.71. The van der Waals surface area contributed by atoms with E-state index in [0.717, 1.165) is 50.3 Å². The number of anilines is 1. The van der Waals surface area contributed by atoms with Crippen LogP contribution in [0.4, 0.5) is 10.1 Å². The van der Waals surface area contributed by atoms with Crippen LogP contribution in [0.3, 0.4) is 0 Å². The van der Waals surface area contributed by atoms with E-state index < -0.39 is 16.8 Å². The number of fused-ring (bicyclic) bond motifs is 2. The zero-order valence-corrected chi connectivity index (χ0v) is 20.0. The predicted molar refractivity (Wildman–Crippen MR) is 130 cm³/mol. The SMILES string of the molecule is CC[C@H](NC)[C@@H]1CCN(c2c(F)cc3c(=O)c4c(=O)[nH]sc4n(C4CC4)c3c2OC)C1.Cl. The smallest absolute Gasteiger partial charge is 0.271 e. The monoisotopic (exact) mass is 482 g/mol. The molecular weight excluding hydrogens is 455 g/mol. The Labute approximate surface area is 195 Å². The van der Waals surface area contributed by atoms with Gasteiger partial charge >= 0.3 is 0 Å². The van der Waals surface area contributed by atoms with E-state index in [2.05, 4.69) is 16.6 Å². The van der Waals surface area contributed by atoms with Gasteiger partial charge in [0.2, 0.25) is 5.43 Å². The number of aromatic nitrogens is 2. The Morgan fingerprint density at radius 2 is 2.09 bits per heavy atom. The van der Waals surface area contributed by atoms with Gasteiger partial charge in [0.15, 0.2) is 11.6 Å². The minimum atomic E-state index is -0.479. The highest BCUT2D eigenvalue weighted by Gasteiger charge is 2.35. The van der Waals surface area contributed by atoms with Crippen molar-refractivity contribution in [1.82, 2.24) is 14.3 Å². The second-order valence-electron chi connectivity index (χ2n) is 8.58. The number of nitrogens with one attached hydrogen (secondary N) is 2. The van der Waals surface area contributed by atoms with Crippen LogP contribution in [0.25, 0.3) is 21.1 Å². The van der Waals surface area contributed by atoms with Crippen molar-refractivity contribution >= 4 is 50.7 Å². The normalized spacial score (nSPS) is 19.5. The van der Waals surface area contributed by atoms with Gasteiger partial charge in [-0.05, 0) is 56.2 Å². The number of hydrogen-bond acceptors (Lipinski definition) is 6. The van der Waals surface area contributed by atoms with Crippen LogP contribution >= 0.6 is 23.9 Å².